The molecular formula is C22H20Cl2N4O5. The molecule has 33 heavy (non-hydrogen) atoms. The highest BCUT2D eigenvalue weighted by Gasteiger charge is 2.25. The molecular weight excluding hydrogens is 471 g/mol. The number of nitrogens with one attached hydrogen (secondary N) is 1. The number of aromatic nitrogens is 3. The van der Waals surface area contributed by atoms with Crippen molar-refractivity contribution in [2.75, 3.05) is 14.2 Å². The Labute approximate surface area is 199 Å². The van der Waals surface area contributed by atoms with Gasteiger partial charge in [0.15, 0.2) is 5.75 Å². The van der Waals surface area contributed by atoms with Crippen molar-refractivity contribution < 1.29 is 19.1 Å². The summed E-state index contributed by atoms with van der Waals surface area (Å²) in [6, 6.07) is 5.92. The lowest BCUT2D eigenvalue weighted by Gasteiger charge is -2.18. The van der Waals surface area contributed by atoms with Crippen LogP contribution in [0.15, 0.2) is 47.7 Å². The van der Waals surface area contributed by atoms with Gasteiger partial charge in [-0.15, -0.1) is 0 Å². The van der Waals surface area contributed by atoms with Crippen molar-refractivity contribution in [1.29, 1.82) is 0 Å². The molecule has 0 aliphatic rings. The van der Waals surface area contributed by atoms with Crippen molar-refractivity contribution in [2.24, 2.45) is 7.05 Å². The summed E-state index contributed by atoms with van der Waals surface area (Å²) in [6.07, 6.45) is 4.16. The summed E-state index contributed by atoms with van der Waals surface area (Å²) < 4.78 is 11.3. The molecule has 0 saturated heterocycles. The Hall–Kier alpha value is -3.43. The van der Waals surface area contributed by atoms with Gasteiger partial charge < -0.3 is 14.8 Å². The minimum atomic E-state index is -1.00. The van der Waals surface area contributed by atoms with Crippen molar-refractivity contribution in [2.45, 2.75) is 12.5 Å². The minimum Gasteiger partial charge on any atom is -0.494 e. The minimum absolute atomic E-state index is 0.0122. The zero-order chi connectivity index (χ0) is 24.1. The highest BCUT2D eigenvalue weighted by atomic mass is 35.5. The number of ether oxygens (including phenoxy) is 2. The summed E-state index contributed by atoms with van der Waals surface area (Å²) in [4.78, 5) is 41.4. The molecule has 0 saturated carbocycles. The third kappa shape index (κ3) is 5.32. The van der Waals surface area contributed by atoms with E-state index in [0.717, 1.165) is 0 Å². The zero-order valence-corrected chi connectivity index (χ0v) is 19.5. The van der Waals surface area contributed by atoms with Crippen LogP contribution in [0.4, 0.5) is 0 Å². The number of methoxy groups -OCH3 is 2. The SMILES string of the molecule is COC(=O)[C@H](Cc1ccc(-c2c(OC)cnn(C)c2=O)cc1)NC(=O)c1c(Cl)cncc1Cl. The van der Waals surface area contributed by atoms with E-state index < -0.39 is 17.9 Å². The Morgan fingerprint density at radius 3 is 2.30 bits per heavy atom. The maximum absolute atomic E-state index is 12.7. The van der Waals surface area contributed by atoms with Gasteiger partial charge in [-0.25, -0.2) is 9.48 Å². The number of carbonyl (C=O) groups excluding carboxylic acids is 2. The molecule has 1 aromatic carbocycles. The van der Waals surface area contributed by atoms with E-state index in [9.17, 15) is 14.4 Å². The Morgan fingerprint density at radius 2 is 1.73 bits per heavy atom. The third-order valence-corrected chi connectivity index (χ3v) is 5.45. The number of amides is 1. The summed E-state index contributed by atoms with van der Waals surface area (Å²) in [5, 5.41) is 6.67. The molecule has 0 aliphatic carbocycles. The van der Waals surface area contributed by atoms with Crippen LogP contribution in [0.2, 0.25) is 10.0 Å². The van der Waals surface area contributed by atoms with E-state index in [1.807, 2.05) is 0 Å². The summed E-state index contributed by atoms with van der Waals surface area (Å²) in [7, 11) is 4.23. The first-order valence-electron chi connectivity index (χ1n) is 9.64. The van der Waals surface area contributed by atoms with Crippen LogP contribution in [0.1, 0.15) is 15.9 Å². The van der Waals surface area contributed by atoms with E-state index in [1.54, 1.807) is 31.3 Å². The first kappa shape index (κ1) is 24.2. The average Bonchev–Trinajstić information content (AvgIpc) is 2.80. The van der Waals surface area contributed by atoms with E-state index in [-0.39, 0.29) is 27.6 Å². The molecule has 9 nitrogen and oxygen atoms in total. The number of hydrogen-bond acceptors (Lipinski definition) is 7. The topological polar surface area (TPSA) is 112 Å². The molecule has 3 aromatic rings. The van der Waals surface area contributed by atoms with E-state index >= 15 is 0 Å². The van der Waals surface area contributed by atoms with Gasteiger partial charge in [0.1, 0.15) is 6.04 Å². The third-order valence-electron chi connectivity index (χ3n) is 4.88. The lowest BCUT2D eigenvalue weighted by molar-refractivity contribution is -0.142. The molecule has 0 fully saturated rings. The lowest BCUT2D eigenvalue weighted by Crippen LogP contribution is -2.43. The fourth-order valence-corrected chi connectivity index (χ4v) is 3.72. The first-order valence-corrected chi connectivity index (χ1v) is 10.4. The van der Waals surface area contributed by atoms with Gasteiger partial charge in [-0.05, 0) is 11.1 Å². The summed E-state index contributed by atoms with van der Waals surface area (Å²) in [5.41, 5.74) is 1.39. The molecule has 2 heterocycles. The quantitative estimate of drug-likeness (QED) is 0.506. The molecule has 1 atom stereocenters. The van der Waals surface area contributed by atoms with E-state index in [0.29, 0.717) is 22.4 Å². The molecule has 11 heteroatoms. The fraction of sp³-hybridized carbons (Fsp3) is 0.227. The number of esters is 1. The number of carbonyl (C=O) groups is 2. The Kier molecular flexibility index (Phi) is 7.67. The van der Waals surface area contributed by atoms with Crippen molar-refractivity contribution in [1.82, 2.24) is 20.1 Å². The van der Waals surface area contributed by atoms with E-state index in [4.69, 9.17) is 32.7 Å². The lowest BCUT2D eigenvalue weighted by atomic mass is 10.0. The fourth-order valence-electron chi connectivity index (χ4n) is 3.18. The van der Waals surface area contributed by atoms with Crippen molar-refractivity contribution in [3.8, 4) is 16.9 Å². The van der Waals surface area contributed by atoms with E-state index in [2.05, 4.69) is 15.4 Å². The highest BCUT2D eigenvalue weighted by Crippen LogP contribution is 2.26. The molecule has 2 aromatic heterocycles. The zero-order valence-electron chi connectivity index (χ0n) is 18.0. The number of halogens is 2. The van der Waals surface area contributed by atoms with Gasteiger partial charge >= 0.3 is 5.97 Å². The second-order valence-electron chi connectivity index (χ2n) is 6.95. The first-order chi connectivity index (χ1) is 15.8. The Morgan fingerprint density at radius 1 is 1.09 bits per heavy atom. The molecule has 0 radical (unpaired) electrons. The van der Waals surface area contributed by atoms with E-state index in [1.165, 1.54) is 37.5 Å². The number of nitrogens with zero attached hydrogens (tertiary/aromatic N) is 3. The van der Waals surface area contributed by atoms with Gasteiger partial charge in [0.05, 0.1) is 41.6 Å². The molecule has 172 valence electrons. The highest BCUT2D eigenvalue weighted by molar-refractivity contribution is 6.39. The van der Waals surface area contributed by atoms with Gasteiger partial charge in [-0.1, -0.05) is 47.5 Å². The predicted molar refractivity (Wildman–Crippen MR) is 123 cm³/mol. The van der Waals surface area contributed by atoms with Crippen LogP contribution in [-0.4, -0.2) is 46.9 Å². The van der Waals surface area contributed by atoms with Crippen LogP contribution in [0, 0.1) is 0 Å². The van der Waals surface area contributed by atoms with Crippen LogP contribution in [0.25, 0.3) is 11.1 Å². The second kappa shape index (κ2) is 10.5. The van der Waals surface area contributed by atoms with Gasteiger partial charge in [0, 0.05) is 25.9 Å². The number of pyridine rings is 1. The maximum Gasteiger partial charge on any atom is 0.328 e. The van der Waals surface area contributed by atoms with Crippen LogP contribution < -0.4 is 15.6 Å². The molecule has 0 unspecified atom stereocenters. The second-order valence-corrected chi connectivity index (χ2v) is 7.76. The molecule has 3 rings (SSSR count). The van der Waals surface area contributed by atoms with Crippen molar-refractivity contribution >= 4 is 35.1 Å². The summed E-state index contributed by atoms with van der Waals surface area (Å²) in [5.74, 6) is -0.931. The number of hydrogen-bond donors (Lipinski definition) is 1. The smallest absolute Gasteiger partial charge is 0.328 e. The summed E-state index contributed by atoms with van der Waals surface area (Å²) >= 11 is 12.1. The van der Waals surface area contributed by atoms with Crippen LogP contribution in [0.5, 0.6) is 5.75 Å². The Bertz CT molecular complexity index is 1220. The van der Waals surface area contributed by atoms with Gasteiger partial charge in [0.25, 0.3) is 11.5 Å². The molecule has 1 amide bonds. The molecule has 0 spiro atoms. The van der Waals surface area contributed by atoms with Gasteiger partial charge in [-0.2, -0.15) is 5.10 Å². The molecule has 0 aliphatic heterocycles. The largest absolute Gasteiger partial charge is 0.494 e. The number of benzene rings is 1. The van der Waals surface area contributed by atoms with Crippen LogP contribution >= 0.6 is 23.2 Å². The summed E-state index contributed by atoms with van der Waals surface area (Å²) in [6.45, 7) is 0. The monoisotopic (exact) mass is 490 g/mol. The standard InChI is InChI=1S/C22H20Cl2N4O5/c1-28-21(30)18(17(32-2)11-26-28)13-6-4-12(5-7-13)8-16(22(31)33-3)27-20(29)19-14(23)9-25-10-15(19)24/h4-7,9-11,16H,8H2,1-3H3,(H,27,29)/t16-/m0/s1. The van der Waals surface area contributed by atoms with Gasteiger partial charge in [-0.3, -0.25) is 14.6 Å². The van der Waals surface area contributed by atoms with Crippen molar-refractivity contribution in [3.63, 3.8) is 0 Å². The number of aryl methyl sites for hydroxylation is 1. The van der Waals surface area contributed by atoms with Gasteiger partial charge in [0.2, 0.25) is 0 Å². The Balaban J connectivity index is 1.86. The van der Waals surface area contributed by atoms with Crippen molar-refractivity contribution in [3.05, 3.63) is 74.4 Å². The van der Waals surface area contributed by atoms with Crippen LogP contribution in [0.3, 0.4) is 0 Å². The number of rotatable bonds is 7. The maximum atomic E-state index is 12.7. The normalized spacial score (nSPS) is 11.5. The molecule has 0 bridgehead atoms. The van der Waals surface area contributed by atoms with Crippen LogP contribution in [-0.2, 0) is 23.0 Å². The molecule has 1 N–H and O–H groups in total. The average molecular weight is 491 g/mol. The predicted octanol–water partition coefficient (Wildman–Crippen LogP) is 2.67.